The molecule has 0 spiro atoms. The van der Waals surface area contributed by atoms with Crippen LogP contribution in [-0.4, -0.2) is 54.3 Å². The van der Waals surface area contributed by atoms with Crippen molar-refractivity contribution in [1.29, 1.82) is 0 Å². The van der Waals surface area contributed by atoms with E-state index in [0.717, 1.165) is 62.5 Å². The molecule has 1 aliphatic heterocycles. The third-order valence-electron chi connectivity index (χ3n) is 4.00. The lowest BCUT2D eigenvalue weighted by Gasteiger charge is -2.26. The molecule has 1 saturated heterocycles. The lowest BCUT2D eigenvalue weighted by Crippen LogP contribution is -2.39. The van der Waals surface area contributed by atoms with E-state index in [-0.39, 0.29) is 0 Å². The molecule has 6 nitrogen and oxygen atoms in total. The van der Waals surface area contributed by atoms with Crippen molar-refractivity contribution in [2.24, 2.45) is 0 Å². The molecule has 6 heteroatoms. The smallest absolute Gasteiger partial charge is 0.136 e. The molecule has 128 valence electrons. The van der Waals surface area contributed by atoms with Crippen molar-refractivity contribution in [3.05, 3.63) is 41.7 Å². The van der Waals surface area contributed by atoms with E-state index in [1.807, 2.05) is 13.0 Å². The molecular weight excluding hydrogens is 302 g/mol. The first-order valence-electron chi connectivity index (χ1n) is 8.42. The van der Waals surface area contributed by atoms with Crippen molar-refractivity contribution >= 4 is 17.3 Å². The summed E-state index contributed by atoms with van der Waals surface area (Å²) in [5.74, 6) is 2.41. The number of benzene rings is 1. The minimum Gasteiger partial charge on any atom is -0.379 e. The summed E-state index contributed by atoms with van der Waals surface area (Å²) in [5.41, 5.74) is 2.27. The fraction of sp³-hybridized carbons (Fsp3) is 0.444. The summed E-state index contributed by atoms with van der Waals surface area (Å²) in [7, 11) is 0. The van der Waals surface area contributed by atoms with Crippen molar-refractivity contribution in [3.63, 3.8) is 0 Å². The van der Waals surface area contributed by atoms with Gasteiger partial charge in [-0.25, -0.2) is 9.97 Å². The van der Waals surface area contributed by atoms with E-state index >= 15 is 0 Å². The van der Waals surface area contributed by atoms with Gasteiger partial charge in [-0.3, -0.25) is 4.90 Å². The van der Waals surface area contributed by atoms with Crippen molar-refractivity contribution in [1.82, 2.24) is 14.9 Å². The van der Waals surface area contributed by atoms with Gasteiger partial charge in [-0.15, -0.1) is 0 Å². The topological polar surface area (TPSA) is 62.3 Å². The van der Waals surface area contributed by atoms with Gasteiger partial charge in [0.25, 0.3) is 0 Å². The Balaban J connectivity index is 1.57. The van der Waals surface area contributed by atoms with Crippen LogP contribution in [0.1, 0.15) is 11.4 Å². The Kier molecular flexibility index (Phi) is 5.61. The monoisotopic (exact) mass is 327 g/mol. The standard InChI is InChI=1S/C18H25N5O/c1-14-3-5-16(6-4-14)22-18-13-17(20-15(2)21-18)19-7-8-23-9-11-24-12-10-23/h3-6,13H,7-12H2,1-2H3,(H2,19,20,21,22). The van der Waals surface area contributed by atoms with Crippen LogP contribution in [0, 0.1) is 13.8 Å². The van der Waals surface area contributed by atoms with E-state index in [1.54, 1.807) is 0 Å². The summed E-state index contributed by atoms with van der Waals surface area (Å²) in [5, 5.41) is 6.73. The molecule has 0 unspecified atom stereocenters. The van der Waals surface area contributed by atoms with Gasteiger partial charge in [-0.05, 0) is 26.0 Å². The average Bonchev–Trinajstić information content (AvgIpc) is 2.57. The summed E-state index contributed by atoms with van der Waals surface area (Å²) in [6, 6.07) is 10.2. The molecule has 0 aliphatic carbocycles. The van der Waals surface area contributed by atoms with Gasteiger partial charge in [0, 0.05) is 37.9 Å². The zero-order valence-corrected chi connectivity index (χ0v) is 14.4. The van der Waals surface area contributed by atoms with Gasteiger partial charge < -0.3 is 15.4 Å². The van der Waals surface area contributed by atoms with E-state index in [1.165, 1.54) is 5.56 Å². The molecular formula is C18H25N5O. The zero-order valence-electron chi connectivity index (χ0n) is 14.4. The number of rotatable bonds is 6. The highest BCUT2D eigenvalue weighted by Gasteiger charge is 2.09. The fourth-order valence-corrected chi connectivity index (χ4v) is 2.67. The molecule has 0 saturated carbocycles. The summed E-state index contributed by atoms with van der Waals surface area (Å²) < 4.78 is 5.37. The van der Waals surface area contributed by atoms with E-state index in [9.17, 15) is 0 Å². The lowest BCUT2D eigenvalue weighted by atomic mass is 10.2. The molecule has 0 radical (unpaired) electrons. The van der Waals surface area contributed by atoms with Crippen molar-refractivity contribution < 1.29 is 4.74 Å². The van der Waals surface area contributed by atoms with Gasteiger partial charge in [0.15, 0.2) is 0 Å². The van der Waals surface area contributed by atoms with Crippen LogP contribution in [0.3, 0.4) is 0 Å². The maximum atomic E-state index is 5.37. The number of ether oxygens (including phenoxy) is 1. The number of morpholine rings is 1. The first kappa shape index (κ1) is 16.7. The van der Waals surface area contributed by atoms with E-state index in [0.29, 0.717) is 0 Å². The molecule has 1 aromatic carbocycles. The fourth-order valence-electron chi connectivity index (χ4n) is 2.67. The number of aromatic nitrogens is 2. The van der Waals surface area contributed by atoms with Crippen molar-refractivity contribution in [3.8, 4) is 0 Å². The average molecular weight is 327 g/mol. The number of hydrogen-bond donors (Lipinski definition) is 2. The van der Waals surface area contributed by atoms with Crippen LogP contribution in [0.25, 0.3) is 0 Å². The van der Waals surface area contributed by atoms with Crippen LogP contribution < -0.4 is 10.6 Å². The highest BCUT2D eigenvalue weighted by Crippen LogP contribution is 2.17. The maximum absolute atomic E-state index is 5.37. The summed E-state index contributed by atoms with van der Waals surface area (Å²) in [4.78, 5) is 11.3. The number of hydrogen-bond acceptors (Lipinski definition) is 6. The second kappa shape index (κ2) is 8.08. The Bertz CT molecular complexity index is 653. The lowest BCUT2D eigenvalue weighted by molar-refractivity contribution is 0.0398. The maximum Gasteiger partial charge on any atom is 0.136 e. The third kappa shape index (κ3) is 4.91. The number of anilines is 3. The Morgan fingerprint density at radius 1 is 1.04 bits per heavy atom. The van der Waals surface area contributed by atoms with Gasteiger partial charge in [0.1, 0.15) is 17.5 Å². The Hall–Kier alpha value is -2.18. The van der Waals surface area contributed by atoms with Crippen LogP contribution in [0.2, 0.25) is 0 Å². The van der Waals surface area contributed by atoms with Crippen molar-refractivity contribution in [2.45, 2.75) is 13.8 Å². The highest BCUT2D eigenvalue weighted by molar-refractivity contribution is 5.59. The minimum atomic E-state index is 0.751. The molecule has 1 fully saturated rings. The highest BCUT2D eigenvalue weighted by atomic mass is 16.5. The Morgan fingerprint density at radius 2 is 1.75 bits per heavy atom. The third-order valence-corrected chi connectivity index (χ3v) is 4.00. The number of nitrogens with zero attached hydrogens (tertiary/aromatic N) is 3. The zero-order chi connectivity index (χ0) is 16.8. The Morgan fingerprint density at radius 3 is 2.50 bits per heavy atom. The summed E-state index contributed by atoms with van der Waals surface area (Å²) in [6.07, 6.45) is 0. The molecule has 24 heavy (non-hydrogen) atoms. The van der Waals surface area contributed by atoms with Gasteiger partial charge >= 0.3 is 0 Å². The predicted octanol–water partition coefficient (Wildman–Crippen LogP) is 2.58. The van der Waals surface area contributed by atoms with Gasteiger partial charge in [-0.1, -0.05) is 17.7 Å². The normalized spacial score (nSPS) is 15.2. The van der Waals surface area contributed by atoms with E-state index in [2.05, 4.69) is 56.7 Å². The number of aryl methyl sites for hydroxylation is 2. The van der Waals surface area contributed by atoms with Gasteiger partial charge in [-0.2, -0.15) is 0 Å². The van der Waals surface area contributed by atoms with Crippen LogP contribution >= 0.6 is 0 Å². The van der Waals surface area contributed by atoms with Crippen LogP contribution in [0.4, 0.5) is 17.3 Å². The molecule has 2 N–H and O–H groups in total. The molecule has 0 atom stereocenters. The van der Waals surface area contributed by atoms with E-state index < -0.39 is 0 Å². The Labute approximate surface area is 143 Å². The second-order valence-electron chi connectivity index (χ2n) is 6.06. The van der Waals surface area contributed by atoms with Crippen LogP contribution in [-0.2, 0) is 4.74 Å². The molecule has 2 aromatic rings. The first-order chi connectivity index (χ1) is 11.7. The molecule has 0 amide bonds. The quantitative estimate of drug-likeness (QED) is 0.850. The SMILES string of the molecule is Cc1ccc(Nc2cc(NCCN3CCOCC3)nc(C)n2)cc1. The molecule has 0 bridgehead atoms. The van der Waals surface area contributed by atoms with Gasteiger partial charge in [0.05, 0.1) is 13.2 Å². The second-order valence-corrected chi connectivity index (χ2v) is 6.06. The molecule has 1 aromatic heterocycles. The summed E-state index contributed by atoms with van der Waals surface area (Å²) >= 11 is 0. The molecule has 2 heterocycles. The minimum absolute atomic E-state index is 0.751. The van der Waals surface area contributed by atoms with Crippen molar-refractivity contribution in [2.75, 3.05) is 50.0 Å². The number of nitrogens with one attached hydrogen (secondary N) is 2. The largest absolute Gasteiger partial charge is 0.379 e. The predicted molar refractivity (Wildman–Crippen MR) is 97.0 cm³/mol. The molecule has 1 aliphatic rings. The van der Waals surface area contributed by atoms with E-state index in [4.69, 9.17) is 4.74 Å². The van der Waals surface area contributed by atoms with Gasteiger partial charge in [0.2, 0.25) is 0 Å². The summed E-state index contributed by atoms with van der Waals surface area (Å²) in [6.45, 7) is 9.51. The first-order valence-corrected chi connectivity index (χ1v) is 8.42. The van der Waals surface area contributed by atoms with Crippen LogP contribution in [0.5, 0.6) is 0 Å². The van der Waals surface area contributed by atoms with Crippen LogP contribution in [0.15, 0.2) is 30.3 Å². The molecule has 3 rings (SSSR count).